The van der Waals surface area contributed by atoms with E-state index in [1.807, 2.05) is 37.3 Å². The number of amides is 1. The molecule has 3 rings (SSSR count). The first-order valence-corrected chi connectivity index (χ1v) is 11.5. The molecule has 158 valence electrons. The zero-order valence-corrected chi connectivity index (χ0v) is 18.0. The first-order valence-electron chi connectivity index (χ1n) is 10.1. The summed E-state index contributed by atoms with van der Waals surface area (Å²) >= 11 is 0. The third-order valence-electron chi connectivity index (χ3n) is 5.72. The van der Waals surface area contributed by atoms with Crippen molar-refractivity contribution in [3.63, 3.8) is 0 Å². The summed E-state index contributed by atoms with van der Waals surface area (Å²) in [5.74, 6) is 0.644. The van der Waals surface area contributed by atoms with Gasteiger partial charge in [0.25, 0.3) is 0 Å². The maximum absolute atomic E-state index is 13.1. The Morgan fingerprint density at radius 2 is 1.97 bits per heavy atom. The van der Waals surface area contributed by atoms with Crippen molar-refractivity contribution in [3.8, 4) is 0 Å². The van der Waals surface area contributed by atoms with Gasteiger partial charge in [-0.1, -0.05) is 48.8 Å². The van der Waals surface area contributed by atoms with Crippen LogP contribution in [-0.2, 0) is 21.4 Å². The summed E-state index contributed by atoms with van der Waals surface area (Å²) in [6, 6.07) is 9.80. The van der Waals surface area contributed by atoms with Gasteiger partial charge >= 0.3 is 0 Å². The maximum atomic E-state index is 13.1. The molecule has 0 aliphatic carbocycles. The van der Waals surface area contributed by atoms with Crippen LogP contribution in [0.25, 0.3) is 0 Å². The van der Waals surface area contributed by atoms with Crippen LogP contribution in [0.5, 0.6) is 0 Å². The molecule has 0 saturated carbocycles. The van der Waals surface area contributed by atoms with Crippen molar-refractivity contribution in [1.29, 1.82) is 0 Å². The van der Waals surface area contributed by atoms with E-state index >= 15 is 0 Å². The number of nitrogens with zero attached hydrogens (tertiary/aromatic N) is 2. The summed E-state index contributed by atoms with van der Waals surface area (Å²) in [6.07, 6.45) is 1.91. The molecule has 1 saturated heterocycles. The zero-order valence-electron chi connectivity index (χ0n) is 17.2. The minimum Gasteiger partial charge on any atom is -0.360 e. The second kappa shape index (κ2) is 9.09. The smallest absolute Gasteiger partial charge is 0.248 e. The van der Waals surface area contributed by atoms with Gasteiger partial charge in [-0.2, -0.15) is 4.31 Å². The fourth-order valence-electron chi connectivity index (χ4n) is 4.08. The van der Waals surface area contributed by atoms with Gasteiger partial charge in [-0.15, -0.1) is 0 Å². The number of carbonyl (C=O) groups is 1. The Balaban J connectivity index is 1.61. The lowest BCUT2D eigenvalue weighted by Gasteiger charge is -2.37. The number of carbonyl (C=O) groups excluding carboxylic acids is 1. The Bertz CT molecular complexity index is 921. The van der Waals surface area contributed by atoms with Crippen molar-refractivity contribution in [2.45, 2.75) is 51.5 Å². The van der Waals surface area contributed by atoms with E-state index in [2.05, 4.69) is 10.5 Å². The van der Waals surface area contributed by atoms with E-state index in [1.165, 1.54) is 4.31 Å². The third kappa shape index (κ3) is 4.87. The molecule has 7 nitrogen and oxygen atoms in total. The van der Waals surface area contributed by atoms with Crippen molar-refractivity contribution in [2.24, 2.45) is 11.8 Å². The highest BCUT2D eigenvalue weighted by molar-refractivity contribution is 7.89. The van der Waals surface area contributed by atoms with E-state index in [0.29, 0.717) is 43.9 Å². The molecular weight excluding hydrogens is 390 g/mol. The molecule has 0 radical (unpaired) electrons. The summed E-state index contributed by atoms with van der Waals surface area (Å²) in [5.41, 5.74) is 1.45. The molecule has 1 amide bonds. The average molecular weight is 420 g/mol. The van der Waals surface area contributed by atoms with Crippen LogP contribution in [0.2, 0.25) is 0 Å². The van der Waals surface area contributed by atoms with Crippen molar-refractivity contribution in [3.05, 3.63) is 47.3 Å². The third-order valence-corrected chi connectivity index (χ3v) is 7.83. The molecule has 1 fully saturated rings. The molecule has 1 aromatic heterocycles. The quantitative estimate of drug-likeness (QED) is 0.745. The zero-order chi connectivity index (χ0) is 21.0. The molecule has 2 heterocycles. The SMILES string of the molecule is CCC1CN(S(=O)(=O)c2c(C)noc2C)CCC1CC(=O)NCc1ccccc1. The van der Waals surface area contributed by atoms with Crippen molar-refractivity contribution in [2.75, 3.05) is 13.1 Å². The van der Waals surface area contributed by atoms with E-state index in [0.717, 1.165) is 12.0 Å². The first kappa shape index (κ1) is 21.5. The van der Waals surface area contributed by atoms with Gasteiger partial charge in [-0.25, -0.2) is 8.42 Å². The Morgan fingerprint density at radius 1 is 1.24 bits per heavy atom. The summed E-state index contributed by atoms with van der Waals surface area (Å²) in [4.78, 5) is 12.6. The number of aryl methyl sites for hydroxylation is 2. The largest absolute Gasteiger partial charge is 0.360 e. The van der Waals surface area contributed by atoms with Crippen LogP contribution < -0.4 is 5.32 Å². The number of hydrogen-bond acceptors (Lipinski definition) is 5. The van der Waals surface area contributed by atoms with Gasteiger partial charge in [-0.05, 0) is 37.7 Å². The lowest BCUT2D eigenvalue weighted by Crippen LogP contribution is -2.45. The van der Waals surface area contributed by atoms with Crippen LogP contribution in [0.15, 0.2) is 39.8 Å². The molecule has 1 aromatic carbocycles. The molecule has 0 spiro atoms. The molecule has 0 bridgehead atoms. The summed E-state index contributed by atoms with van der Waals surface area (Å²) in [5, 5.41) is 6.76. The van der Waals surface area contributed by atoms with Gasteiger partial charge in [0.2, 0.25) is 15.9 Å². The molecule has 2 unspecified atom stereocenters. The number of piperidine rings is 1. The lowest BCUT2D eigenvalue weighted by atomic mass is 9.82. The predicted octanol–water partition coefficient (Wildman–Crippen LogP) is 3.03. The Labute approximate surface area is 172 Å². The Kier molecular flexibility index (Phi) is 6.74. The second-order valence-corrected chi connectivity index (χ2v) is 9.57. The molecule has 2 atom stereocenters. The van der Waals surface area contributed by atoms with Gasteiger partial charge in [0.05, 0.1) is 0 Å². The Morgan fingerprint density at radius 3 is 2.59 bits per heavy atom. The van der Waals surface area contributed by atoms with Gasteiger partial charge in [0, 0.05) is 26.1 Å². The lowest BCUT2D eigenvalue weighted by molar-refractivity contribution is -0.122. The molecule has 1 aliphatic heterocycles. The van der Waals surface area contributed by atoms with Gasteiger partial charge in [0.1, 0.15) is 10.6 Å². The van der Waals surface area contributed by atoms with E-state index < -0.39 is 10.0 Å². The fraction of sp³-hybridized carbons (Fsp3) is 0.524. The fourth-order valence-corrected chi connectivity index (χ4v) is 5.88. The minimum atomic E-state index is -3.64. The number of hydrogen-bond donors (Lipinski definition) is 1. The normalized spacial score (nSPS) is 20.5. The highest BCUT2D eigenvalue weighted by atomic mass is 32.2. The molecule has 2 aromatic rings. The molecular formula is C21H29N3O4S. The predicted molar refractivity (Wildman–Crippen MR) is 110 cm³/mol. The summed E-state index contributed by atoms with van der Waals surface area (Å²) < 4.78 is 32.7. The van der Waals surface area contributed by atoms with Crippen LogP contribution >= 0.6 is 0 Å². The van der Waals surface area contributed by atoms with Crippen LogP contribution in [0, 0.1) is 25.7 Å². The van der Waals surface area contributed by atoms with Gasteiger partial charge in [0.15, 0.2) is 5.76 Å². The molecule has 8 heteroatoms. The van der Waals surface area contributed by atoms with E-state index in [1.54, 1.807) is 13.8 Å². The van der Waals surface area contributed by atoms with Crippen LogP contribution in [0.4, 0.5) is 0 Å². The van der Waals surface area contributed by atoms with E-state index in [-0.39, 0.29) is 22.6 Å². The minimum absolute atomic E-state index is 0.0133. The van der Waals surface area contributed by atoms with E-state index in [9.17, 15) is 13.2 Å². The molecule has 1 aliphatic rings. The maximum Gasteiger partial charge on any atom is 0.248 e. The van der Waals surface area contributed by atoms with Crippen LogP contribution in [0.3, 0.4) is 0 Å². The number of sulfonamides is 1. The van der Waals surface area contributed by atoms with Crippen molar-refractivity contribution >= 4 is 15.9 Å². The highest BCUT2D eigenvalue weighted by Crippen LogP contribution is 2.33. The highest BCUT2D eigenvalue weighted by Gasteiger charge is 2.38. The number of nitrogens with one attached hydrogen (secondary N) is 1. The monoisotopic (exact) mass is 419 g/mol. The van der Waals surface area contributed by atoms with E-state index in [4.69, 9.17) is 4.52 Å². The first-order chi connectivity index (χ1) is 13.8. The molecule has 1 N–H and O–H groups in total. The summed E-state index contributed by atoms with van der Waals surface area (Å²) in [6.45, 7) is 6.64. The van der Waals surface area contributed by atoms with Crippen LogP contribution in [-0.4, -0.2) is 36.9 Å². The Hall–Kier alpha value is -2.19. The molecule has 29 heavy (non-hydrogen) atoms. The van der Waals surface area contributed by atoms with Gasteiger partial charge < -0.3 is 9.84 Å². The van der Waals surface area contributed by atoms with Crippen molar-refractivity contribution in [1.82, 2.24) is 14.8 Å². The second-order valence-electron chi connectivity index (χ2n) is 7.70. The number of benzene rings is 1. The summed E-state index contributed by atoms with van der Waals surface area (Å²) in [7, 11) is -3.64. The number of rotatable bonds is 7. The number of aromatic nitrogens is 1. The van der Waals surface area contributed by atoms with Crippen molar-refractivity contribution < 1.29 is 17.7 Å². The topological polar surface area (TPSA) is 92.5 Å². The van der Waals surface area contributed by atoms with Crippen LogP contribution in [0.1, 0.15) is 43.2 Å². The average Bonchev–Trinajstić information content (AvgIpc) is 3.06. The van der Waals surface area contributed by atoms with Gasteiger partial charge in [-0.3, -0.25) is 4.79 Å². The standard InChI is InChI=1S/C21H29N3O4S/c1-4-18-14-24(29(26,27)21-15(2)23-28-16(21)3)11-10-19(18)12-20(25)22-13-17-8-6-5-7-9-17/h5-9,18-19H,4,10-14H2,1-3H3,(H,22,25).